The Morgan fingerprint density at radius 3 is 2.95 bits per heavy atom. The monoisotopic (exact) mass is 335 g/mol. The maximum atomic E-state index is 12.2. The summed E-state index contributed by atoms with van der Waals surface area (Å²) < 4.78 is 1.02. The molecule has 96 valence electrons. The molecule has 0 bridgehead atoms. The number of amides is 1. The number of hydrogen-bond donors (Lipinski definition) is 0. The summed E-state index contributed by atoms with van der Waals surface area (Å²) in [5, 5.41) is 10.8. The maximum absolute atomic E-state index is 12.2. The fourth-order valence-electron chi connectivity index (χ4n) is 1.58. The molecule has 4 nitrogen and oxygen atoms in total. The molecule has 0 radical (unpaired) electrons. The van der Waals surface area contributed by atoms with E-state index in [2.05, 4.69) is 20.9 Å². The van der Waals surface area contributed by atoms with Crippen LogP contribution in [0.1, 0.15) is 20.8 Å². The first-order valence-electron chi connectivity index (χ1n) is 5.43. The Morgan fingerprint density at radius 2 is 2.32 bits per heavy atom. The molecule has 0 N–H and O–H groups in total. The SMILES string of the molecule is CN(Cc1cc(Br)cs1)C(=O)c1cncc(C#N)c1. The second-order valence-electron chi connectivity index (χ2n) is 3.97. The number of rotatable bonds is 3. The van der Waals surface area contributed by atoms with Crippen molar-refractivity contribution in [1.29, 1.82) is 5.26 Å². The minimum absolute atomic E-state index is 0.144. The van der Waals surface area contributed by atoms with Gasteiger partial charge in [0.1, 0.15) is 6.07 Å². The van der Waals surface area contributed by atoms with E-state index >= 15 is 0 Å². The zero-order chi connectivity index (χ0) is 13.8. The van der Waals surface area contributed by atoms with E-state index in [1.807, 2.05) is 17.5 Å². The van der Waals surface area contributed by atoms with Crippen LogP contribution in [0.3, 0.4) is 0 Å². The highest BCUT2D eigenvalue weighted by Crippen LogP contribution is 2.21. The minimum Gasteiger partial charge on any atom is -0.337 e. The zero-order valence-corrected chi connectivity index (χ0v) is 12.5. The van der Waals surface area contributed by atoms with E-state index in [4.69, 9.17) is 5.26 Å². The van der Waals surface area contributed by atoms with Gasteiger partial charge in [-0.3, -0.25) is 9.78 Å². The van der Waals surface area contributed by atoms with E-state index < -0.39 is 0 Å². The van der Waals surface area contributed by atoms with Crippen LogP contribution in [0.25, 0.3) is 0 Å². The van der Waals surface area contributed by atoms with E-state index in [1.54, 1.807) is 29.4 Å². The van der Waals surface area contributed by atoms with Gasteiger partial charge in [0, 0.05) is 34.2 Å². The van der Waals surface area contributed by atoms with Gasteiger partial charge in [0.2, 0.25) is 0 Å². The van der Waals surface area contributed by atoms with E-state index in [0.29, 0.717) is 17.7 Å². The lowest BCUT2D eigenvalue weighted by atomic mass is 10.2. The normalized spacial score (nSPS) is 9.95. The molecule has 19 heavy (non-hydrogen) atoms. The predicted octanol–water partition coefficient (Wildman–Crippen LogP) is 3.05. The molecule has 0 fully saturated rings. The molecule has 2 heterocycles. The maximum Gasteiger partial charge on any atom is 0.255 e. The Bertz CT molecular complexity index is 647. The first-order valence-corrected chi connectivity index (χ1v) is 7.11. The lowest BCUT2D eigenvalue weighted by Crippen LogP contribution is -2.26. The number of thiophene rings is 1. The van der Waals surface area contributed by atoms with Crippen molar-refractivity contribution in [1.82, 2.24) is 9.88 Å². The lowest BCUT2D eigenvalue weighted by molar-refractivity contribution is 0.0786. The summed E-state index contributed by atoms with van der Waals surface area (Å²) in [6.07, 6.45) is 2.91. The van der Waals surface area contributed by atoms with Gasteiger partial charge < -0.3 is 4.90 Å². The number of pyridine rings is 1. The second-order valence-corrected chi connectivity index (χ2v) is 5.88. The van der Waals surface area contributed by atoms with Crippen molar-refractivity contribution in [3.8, 4) is 6.07 Å². The van der Waals surface area contributed by atoms with Gasteiger partial charge in [-0.1, -0.05) is 0 Å². The van der Waals surface area contributed by atoms with Crippen LogP contribution in [-0.4, -0.2) is 22.8 Å². The standard InChI is InChI=1S/C13H10BrN3OS/c1-17(7-12-3-11(14)8-19-12)13(18)10-2-9(4-15)5-16-6-10/h2-3,5-6,8H,7H2,1H3. The third-order valence-electron chi connectivity index (χ3n) is 2.48. The number of hydrogen-bond acceptors (Lipinski definition) is 4. The summed E-state index contributed by atoms with van der Waals surface area (Å²) in [5.74, 6) is -0.144. The largest absolute Gasteiger partial charge is 0.337 e. The molecule has 0 aliphatic carbocycles. The summed E-state index contributed by atoms with van der Waals surface area (Å²) in [6.45, 7) is 0.534. The molecule has 0 aliphatic rings. The molecule has 0 aliphatic heterocycles. The van der Waals surface area contributed by atoms with E-state index in [1.165, 1.54) is 12.4 Å². The van der Waals surface area contributed by atoms with E-state index in [0.717, 1.165) is 9.35 Å². The van der Waals surface area contributed by atoms with Gasteiger partial charge in [-0.2, -0.15) is 5.26 Å². The minimum atomic E-state index is -0.144. The number of aromatic nitrogens is 1. The molecular weight excluding hydrogens is 326 g/mol. The number of carbonyl (C=O) groups is 1. The van der Waals surface area contributed by atoms with Crippen LogP contribution in [0.4, 0.5) is 0 Å². The first-order chi connectivity index (χ1) is 9.10. The van der Waals surface area contributed by atoms with Crippen LogP contribution < -0.4 is 0 Å². The molecule has 0 saturated heterocycles. The molecule has 0 spiro atoms. The number of nitriles is 1. The Labute approximate surface area is 123 Å². The highest BCUT2D eigenvalue weighted by atomic mass is 79.9. The summed E-state index contributed by atoms with van der Waals surface area (Å²) in [4.78, 5) is 18.8. The van der Waals surface area contributed by atoms with Crippen LogP contribution in [-0.2, 0) is 6.54 Å². The quantitative estimate of drug-likeness (QED) is 0.866. The Balaban J connectivity index is 2.12. The van der Waals surface area contributed by atoms with Gasteiger partial charge >= 0.3 is 0 Å². The predicted molar refractivity (Wildman–Crippen MR) is 76.8 cm³/mol. The second kappa shape index (κ2) is 5.95. The van der Waals surface area contributed by atoms with Crippen LogP contribution in [0, 0.1) is 11.3 Å². The molecule has 2 aromatic rings. The van der Waals surface area contributed by atoms with Crippen LogP contribution in [0.5, 0.6) is 0 Å². The summed E-state index contributed by atoms with van der Waals surface area (Å²) in [5.41, 5.74) is 0.815. The third kappa shape index (κ3) is 3.40. The molecule has 2 aromatic heterocycles. The van der Waals surface area contributed by atoms with Crippen molar-refractivity contribution in [3.63, 3.8) is 0 Å². The van der Waals surface area contributed by atoms with Crippen molar-refractivity contribution in [3.05, 3.63) is 50.4 Å². The molecule has 2 rings (SSSR count). The highest BCUT2D eigenvalue weighted by Gasteiger charge is 2.13. The summed E-state index contributed by atoms with van der Waals surface area (Å²) in [6, 6.07) is 5.51. The Kier molecular flexibility index (Phi) is 4.30. The Hall–Kier alpha value is -1.71. The third-order valence-corrected chi connectivity index (χ3v) is 4.16. The summed E-state index contributed by atoms with van der Waals surface area (Å²) >= 11 is 4.97. The van der Waals surface area contributed by atoms with Gasteiger partial charge in [0.15, 0.2) is 0 Å². The lowest BCUT2D eigenvalue weighted by Gasteiger charge is -2.16. The molecule has 0 unspecified atom stereocenters. The topological polar surface area (TPSA) is 57.0 Å². The van der Waals surface area contributed by atoms with E-state index in [9.17, 15) is 4.79 Å². The highest BCUT2D eigenvalue weighted by molar-refractivity contribution is 9.10. The van der Waals surface area contributed by atoms with Crippen LogP contribution in [0.15, 0.2) is 34.4 Å². The average Bonchev–Trinajstić information content (AvgIpc) is 2.83. The van der Waals surface area contributed by atoms with Gasteiger partial charge in [0.05, 0.1) is 17.7 Å². The Morgan fingerprint density at radius 1 is 1.53 bits per heavy atom. The molecule has 1 amide bonds. The van der Waals surface area contributed by atoms with Gasteiger partial charge in [-0.05, 0) is 28.1 Å². The zero-order valence-electron chi connectivity index (χ0n) is 10.1. The molecule has 0 atom stereocenters. The van der Waals surface area contributed by atoms with Crippen molar-refractivity contribution >= 4 is 33.2 Å². The summed E-state index contributed by atoms with van der Waals surface area (Å²) in [7, 11) is 1.73. The van der Waals surface area contributed by atoms with Crippen molar-refractivity contribution in [2.24, 2.45) is 0 Å². The average molecular weight is 336 g/mol. The van der Waals surface area contributed by atoms with Gasteiger partial charge in [0.25, 0.3) is 5.91 Å². The molecule has 6 heteroatoms. The molecular formula is C13H10BrN3OS. The number of nitrogens with zero attached hydrogens (tertiary/aromatic N) is 3. The smallest absolute Gasteiger partial charge is 0.255 e. The number of halogens is 1. The van der Waals surface area contributed by atoms with Crippen molar-refractivity contribution in [2.75, 3.05) is 7.05 Å². The molecule has 0 aromatic carbocycles. The van der Waals surface area contributed by atoms with Crippen LogP contribution in [0.2, 0.25) is 0 Å². The first kappa shape index (κ1) is 13.7. The molecule has 0 saturated carbocycles. The van der Waals surface area contributed by atoms with Gasteiger partial charge in [-0.15, -0.1) is 11.3 Å². The fraction of sp³-hybridized carbons (Fsp3) is 0.154. The van der Waals surface area contributed by atoms with Crippen molar-refractivity contribution < 1.29 is 4.79 Å². The van der Waals surface area contributed by atoms with E-state index in [-0.39, 0.29) is 5.91 Å². The van der Waals surface area contributed by atoms with Crippen LogP contribution >= 0.6 is 27.3 Å². The number of carbonyl (C=O) groups excluding carboxylic acids is 1. The van der Waals surface area contributed by atoms with Gasteiger partial charge in [-0.25, -0.2) is 0 Å². The fourth-order valence-corrected chi connectivity index (χ4v) is 3.08. The van der Waals surface area contributed by atoms with Crippen molar-refractivity contribution in [2.45, 2.75) is 6.54 Å².